The highest BCUT2D eigenvalue weighted by molar-refractivity contribution is 6.33. The van der Waals surface area contributed by atoms with Crippen LogP contribution in [0.4, 0.5) is 16.2 Å². The predicted molar refractivity (Wildman–Crippen MR) is 105 cm³/mol. The molecule has 29 heavy (non-hydrogen) atoms. The number of rotatable bonds is 6. The molecule has 0 unspecified atom stereocenters. The van der Waals surface area contributed by atoms with E-state index in [1.165, 1.54) is 27.5 Å². The summed E-state index contributed by atoms with van der Waals surface area (Å²) in [7, 11) is 4.40. The van der Waals surface area contributed by atoms with Gasteiger partial charge < -0.3 is 14.2 Å². The maximum absolute atomic E-state index is 13.0. The van der Waals surface area contributed by atoms with E-state index in [1.807, 2.05) is 0 Å². The second kappa shape index (κ2) is 8.42. The lowest BCUT2D eigenvalue weighted by molar-refractivity contribution is -0.131. The van der Waals surface area contributed by atoms with Crippen LogP contribution in [-0.4, -0.2) is 45.4 Å². The van der Waals surface area contributed by atoms with Crippen molar-refractivity contribution in [3.05, 3.63) is 42.5 Å². The third-order valence-corrected chi connectivity index (χ3v) is 4.28. The predicted octanol–water partition coefficient (Wildman–Crippen LogP) is 2.31. The summed E-state index contributed by atoms with van der Waals surface area (Å²) in [5.41, 5.74) is 0.593. The molecule has 0 spiro atoms. The highest BCUT2D eigenvalue weighted by atomic mass is 16.5. The van der Waals surface area contributed by atoms with Gasteiger partial charge in [0.05, 0.1) is 27.0 Å². The first-order valence-electron chi connectivity index (χ1n) is 8.58. The van der Waals surface area contributed by atoms with Crippen molar-refractivity contribution in [2.45, 2.75) is 0 Å². The van der Waals surface area contributed by atoms with Gasteiger partial charge in [-0.3, -0.25) is 19.9 Å². The number of barbiturate groups is 1. The number of carbonyl (C=O) groups is 3. The van der Waals surface area contributed by atoms with Crippen molar-refractivity contribution in [1.29, 1.82) is 0 Å². The highest BCUT2D eigenvalue weighted by Gasteiger charge is 2.41. The first-order chi connectivity index (χ1) is 14.0. The zero-order valence-electron chi connectivity index (χ0n) is 16.0. The van der Waals surface area contributed by atoms with Crippen molar-refractivity contribution in [2.24, 2.45) is 10.9 Å². The van der Waals surface area contributed by atoms with Crippen LogP contribution in [0.15, 0.2) is 47.5 Å². The van der Waals surface area contributed by atoms with Crippen LogP contribution in [-0.2, 0) is 9.59 Å². The molecule has 1 fully saturated rings. The fourth-order valence-electron chi connectivity index (χ4n) is 2.82. The summed E-state index contributed by atoms with van der Waals surface area (Å²) < 4.78 is 15.6. The topological polar surface area (TPSA) is 107 Å². The number of benzene rings is 2. The van der Waals surface area contributed by atoms with Gasteiger partial charge in [0.1, 0.15) is 22.9 Å². The number of nitrogens with zero attached hydrogens (tertiary/aromatic N) is 2. The average molecular weight is 397 g/mol. The van der Waals surface area contributed by atoms with Crippen LogP contribution in [0.5, 0.6) is 17.2 Å². The maximum Gasteiger partial charge on any atom is 0.335 e. The molecule has 3 rings (SSSR count). The fraction of sp³-hybridized carbons (Fsp3) is 0.200. The Hall–Kier alpha value is -3.88. The molecule has 1 atom stereocenters. The summed E-state index contributed by atoms with van der Waals surface area (Å²) in [5.74, 6) is -1.54. The minimum Gasteiger partial charge on any atom is -0.497 e. The van der Waals surface area contributed by atoms with Crippen molar-refractivity contribution in [3.8, 4) is 17.2 Å². The number of ether oxygens (including phenoxy) is 3. The molecule has 0 saturated carbocycles. The number of carbonyl (C=O) groups excluding carboxylic acids is 3. The molecule has 9 nitrogen and oxygen atoms in total. The Bertz CT molecular complexity index is 988. The Morgan fingerprint density at radius 2 is 1.69 bits per heavy atom. The maximum atomic E-state index is 13.0. The quantitative estimate of drug-likeness (QED) is 0.592. The van der Waals surface area contributed by atoms with Crippen molar-refractivity contribution in [1.82, 2.24) is 5.32 Å². The molecule has 1 heterocycles. The molecule has 2 aromatic rings. The lowest BCUT2D eigenvalue weighted by atomic mass is 10.1. The van der Waals surface area contributed by atoms with E-state index in [4.69, 9.17) is 14.2 Å². The standard InChI is InChI=1S/C20H19N3O6/c1-27-12-8-9-16(28-2)14(10-12)21-11-13-18(24)22-20(26)23(19(13)25)15-6-4-5-7-17(15)29-3/h4-11,13H,1-3H3,(H,22,24,26)/t13-/m0/s1. The van der Waals surface area contributed by atoms with E-state index in [9.17, 15) is 14.4 Å². The molecule has 0 aromatic heterocycles. The first kappa shape index (κ1) is 19.9. The third kappa shape index (κ3) is 3.88. The molecule has 9 heteroatoms. The smallest absolute Gasteiger partial charge is 0.335 e. The highest BCUT2D eigenvalue weighted by Crippen LogP contribution is 2.33. The minimum atomic E-state index is -1.31. The summed E-state index contributed by atoms with van der Waals surface area (Å²) in [4.78, 5) is 42.7. The summed E-state index contributed by atoms with van der Waals surface area (Å²) in [6.45, 7) is 0. The van der Waals surface area contributed by atoms with Crippen LogP contribution < -0.4 is 24.4 Å². The number of amides is 4. The first-order valence-corrected chi connectivity index (χ1v) is 8.58. The van der Waals surface area contributed by atoms with E-state index < -0.39 is 23.8 Å². The lowest BCUT2D eigenvalue weighted by Crippen LogP contribution is -2.58. The molecule has 0 bridgehead atoms. The van der Waals surface area contributed by atoms with Crippen molar-refractivity contribution in [3.63, 3.8) is 0 Å². The summed E-state index contributed by atoms with van der Waals surface area (Å²) in [6.07, 6.45) is 1.17. The molecule has 4 amide bonds. The van der Waals surface area contributed by atoms with Crippen LogP contribution >= 0.6 is 0 Å². The van der Waals surface area contributed by atoms with Crippen molar-refractivity contribution in [2.75, 3.05) is 26.2 Å². The monoisotopic (exact) mass is 397 g/mol. The van der Waals surface area contributed by atoms with Crippen LogP contribution in [0.25, 0.3) is 0 Å². The van der Waals surface area contributed by atoms with Crippen LogP contribution in [0.1, 0.15) is 0 Å². The lowest BCUT2D eigenvalue weighted by Gasteiger charge is -2.29. The second-order valence-corrected chi connectivity index (χ2v) is 5.93. The number of imide groups is 2. The summed E-state index contributed by atoms with van der Waals surface area (Å²) >= 11 is 0. The molecular weight excluding hydrogens is 378 g/mol. The Labute approximate surface area is 166 Å². The Morgan fingerprint density at radius 3 is 2.38 bits per heavy atom. The van der Waals surface area contributed by atoms with Gasteiger partial charge >= 0.3 is 6.03 Å². The normalized spacial score (nSPS) is 16.7. The van der Waals surface area contributed by atoms with Gasteiger partial charge in [0.2, 0.25) is 5.91 Å². The van der Waals surface area contributed by atoms with Gasteiger partial charge in [-0.05, 0) is 24.3 Å². The average Bonchev–Trinajstić information content (AvgIpc) is 2.73. The Balaban J connectivity index is 1.95. The molecule has 0 aliphatic carbocycles. The van der Waals surface area contributed by atoms with Gasteiger partial charge in [-0.25, -0.2) is 9.69 Å². The Morgan fingerprint density at radius 1 is 0.966 bits per heavy atom. The van der Waals surface area contributed by atoms with Gasteiger partial charge in [0.25, 0.3) is 5.91 Å². The number of hydrogen-bond donors (Lipinski definition) is 1. The number of nitrogens with one attached hydrogen (secondary N) is 1. The number of urea groups is 1. The number of hydrogen-bond acceptors (Lipinski definition) is 7. The van der Waals surface area contributed by atoms with E-state index in [1.54, 1.807) is 42.5 Å². The number of para-hydroxylation sites is 2. The fourth-order valence-corrected chi connectivity index (χ4v) is 2.82. The van der Waals surface area contributed by atoms with Crippen molar-refractivity contribution < 1.29 is 28.6 Å². The van der Waals surface area contributed by atoms with Crippen LogP contribution in [0.3, 0.4) is 0 Å². The van der Waals surface area contributed by atoms with Gasteiger partial charge in [-0.15, -0.1) is 0 Å². The van der Waals surface area contributed by atoms with Crippen molar-refractivity contribution >= 4 is 35.4 Å². The molecule has 1 aliphatic heterocycles. The molecule has 0 radical (unpaired) electrons. The van der Waals surface area contributed by atoms with Gasteiger partial charge in [-0.1, -0.05) is 12.1 Å². The SMILES string of the molecule is COc1ccc(OC)c(N=C[C@H]2C(=O)NC(=O)N(c3ccccc3OC)C2=O)c1. The third-order valence-electron chi connectivity index (χ3n) is 4.28. The summed E-state index contributed by atoms with van der Waals surface area (Å²) in [6, 6.07) is 10.6. The molecule has 1 N–H and O–H groups in total. The van der Waals surface area contributed by atoms with Gasteiger partial charge in [0.15, 0.2) is 5.92 Å². The van der Waals surface area contributed by atoms with E-state index in [-0.39, 0.29) is 5.69 Å². The Kier molecular flexibility index (Phi) is 5.77. The minimum absolute atomic E-state index is 0.224. The number of anilines is 1. The van der Waals surface area contributed by atoms with Gasteiger partial charge in [-0.2, -0.15) is 0 Å². The zero-order valence-corrected chi connectivity index (χ0v) is 16.0. The summed E-state index contributed by atoms with van der Waals surface area (Å²) in [5, 5.41) is 2.17. The van der Waals surface area contributed by atoms with Crippen LogP contribution in [0, 0.1) is 5.92 Å². The molecule has 2 aromatic carbocycles. The molecular formula is C20H19N3O6. The second-order valence-electron chi connectivity index (χ2n) is 5.93. The van der Waals surface area contributed by atoms with E-state index >= 15 is 0 Å². The number of methoxy groups -OCH3 is 3. The van der Waals surface area contributed by atoms with Crippen LogP contribution in [0.2, 0.25) is 0 Å². The molecule has 1 aliphatic rings. The van der Waals surface area contributed by atoms with Gasteiger partial charge in [0, 0.05) is 12.3 Å². The molecule has 1 saturated heterocycles. The largest absolute Gasteiger partial charge is 0.497 e. The van der Waals surface area contributed by atoms with E-state index in [2.05, 4.69) is 10.3 Å². The zero-order chi connectivity index (χ0) is 21.0. The number of aliphatic imine (C=N–C) groups is 1. The molecule has 150 valence electrons. The van der Waals surface area contributed by atoms with E-state index in [0.29, 0.717) is 22.9 Å². The van der Waals surface area contributed by atoms with E-state index in [0.717, 1.165) is 4.90 Å².